The fraction of sp³-hybridized carbons (Fsp3) is 0.727. The van der Waals surface area contributed by atoms with E-state index in [-0.39, 0.29) is 0 Å². The summed E-state index contributed by atoms with van der Waals surface area (Å²) >= 11 is 0. The molecule has 1 aromatic rings. The molecule has 14 heavy (non-hydrogen) atoms. The zero-order valence-corrected chi connectivity index (χ0v) is 9.51. The highest BCUT2D eigenvalue weighted by Gasteiger charge is 2.02. The monoisotopic (exact) mass is 195 g/mol. The second-order valence-corrected chi connectivity index (χ2v) is 3.55. The zero-order chi connectivity index (χ0) is 10.4. The summed E-state index contributed by atoms with van der Waals surface area (Å²) in [5.74, 6) is 0. The van der Waals surface area contributed by atoms with E-state index in [1.54, 1.807) is 0 Å². The molecule has 80 valence electrons. The Kier molecular flexibility index (Phi) is 4.66. The van der Waals surface area contributed by atoms with Gasteiger partial charge in [0.05, 0.1) is 5.69 Å². The van der Waals surface area contributed by atoms with Gasteiger partial charge in [0.2, 0.25) is 0 Å². The molecule has 0 aliphatic heterocycles. The van der Waals surface area contributed by atoms with Crippen LogP contribution in [-0.2, 0) is 13.0 Å². The molecule has 0 saturated heterocycles. The first-order valence-electron chi connectivity index (χ1n) is 5.52. The number of rotatable bonds is 6. The molecule has 0 aromatic carbocycles. The molecular weight excluding hydrogens is 174 g/mol. The Morgan fingerprint density at radius 2 is 2.21 bits per heavy atom. The highest BCUT2D eigenvalue weighted by Crippen LogP contribution is 2.06. The van der Waals surface area contributed by atoms with Gasteiger partial charge in [0.1, 0.15) is 0 Å². The van der Waals surface area contributed by atoms with Crippen LogP contribution in [0.2, 0.25) is 0 Å². The van der Waals surface area contributed by atoms with Crippen molar-refractivity contribution in [3.8, 4) is 0 Å². The van der Waals surface area contributed by atoms with Crippen molar-refractivity contribution >= 4 is 0 Å². The number of aromatic nitrogens is 2. The molecule has 3 nitrogen and oxygen atoms in total. The van der Waals surface area contributed by atoms with Gasteiger partial charge in [-0.25, -0.2) is 0 Å². The van der Waals surface area contributed by atoms with E-state index in [1.165, 1.54) is 12.1 Å². The van der Waals surface area contributed by atoms with Crippen molar-refractivity contribution in [3.05, 3.63) is 17.5 Å². The molecule has 0 bridgehead atoms. The van der Waals surface area contributed by atoms with Crippen LogP contribution in [0.1, 0.15) is 31.7 Å². The van der Waals surface area contributed by atoms with Crippen molar-refractivity contribution in [1.82, 2.24) is 15.1 Å². The summed E-state index contributed by atoms with van der Waals surface area (Å²) in [4.78, 5) is 0. The van der Waals surface area contributed by atoms with E-state index in [4.69, 9.17) is 0 Å². The summed E-state index contributed by atoms with van der Waals surface area (Å²) in [6.07, 6.45) is 2.32. The first-order valence-corrected chi connectivity index (χ1v) is 5.52. The van der Waals surface area contributed by atoms with Crippen LogP contribution in [0.25, 0.3) is 0 Å². The van der Waals surface area contributed by atoms with Crippen LogP contribution < -0.4 is 5.32 Å². The predicted octanol–water partition coefficient (Wildman–Crippen LogP) is 1.75. The second-order valence-electron chi connectivity index (χ2n) is 3.55. The fourth-order valence-electron chi connectivity index (χ4n) is 1.65. The van der Waals surface area contributed by atoms with Crippen molar-refractivity contribution in [3.63, 3.8) is 0 Å². The first kappa shape index (κ1) is 11.2. The summed E-state index contributed by atoms with van der Waals surface area (Å²) in [7, 11) is 0. The maximum atomic E-state index is 4.42. The van der Waals surface area contributed by atoms with Crippen LogP contribution >= 0.6 is 0 Å². The highest BCUT2D eigenvalue weighted by molar-refractivity contribution is 5.08. The van der Waals surface area contributed by atoms with Gasteiger partial charge in [0, 0.05) is 12.2 Å². The Hall–Kier alpha value is -0.830. The van der Waals surface area contributed by atoms with Crippen LogP contribution in [0.3, 0.4) is 0 Å². The van der Waals surface area contributed by atoms with Crippen LogP contribution in [0.4, 0.5) is 0 Å². The van der Waals surface area contributed by atoms with Gasteiger partial charge in [-0.15, -0.1) is 0 Å². The molecule has 0 saturated carbocycles. The summed E-state index contributed by atoms with van der Waals surface area (Å²) in [6.45, 7) is 9.47. The smallest absolute Gasteiger partial charge is 0.0596 e. The highest BCUT2D eigenvalue weighted by atomic mass is 15.3. The lowest BCUT2D eigenvalue weighted by Crippen LogP contribution is -2.15. The molecular formula is C11H21N3. The molecule has 0 radical (unpaired) electrons. The van der Waals surface area contributed by atoms with Crippen molar-refractivity contribution in [2.45, 2.75) is 40.2 Å². The van der Waals surface area contributed by atoms with Crippen LogP contribution in [-0.4, -0.2) is 22.9 Å². The standard InChI is InChI=1S/C11H21N3/c1-4-12-8-6-7-11-9-10(3)13-14(11)5-2/h9,12H,4-8H2,1-3H3. The Bertz CT molecular complexity index is 265. The quantitative estimate of drug-likeness (QED) is 0.701. The third-order valence-electron chi connectivity index (χ3n) is 2.32. The second kappa shape index (κ2) is 5.81. The summed E-state index contributed by atoms with van der Waals surface area (Å²) in [6, 6.07) is 2.19. The molecule has 0 spiro atoms. The molecule has 1 aromatic heterocycles. The van der Waals surface area contributed by atoms with Crippen molar-refractivity contribution < 1.29 is 0 Å². The molecule has 0 atom stereocenters. The topological polar surface area (TPSA) is 29.9 Å². The van der Waals surface area contributed by atoms with E-state index in [0.717, 1.165) is 31.7 Å². The predicted molar refractivity (Wildman–Crippen MR) is 59.5 cm³/mol. The van der Waals surface area contributed by atoms with E-state index in [2.05, 4.69) is 41.9 Å². The van der Waals surface area contributed by atoms with Gasteiger partial charge in [0.15, 0.2) is 0 Å². The van der Waals surface area contributed by atoms with Gasteiger partial charge in [-0.1, -0.05) is 6.92 Å². The van der Waals surface area contributed by atoms with Crippen LogP contribution in [0.15, 0.2) is 6.07 Å². The average molecular weight is 195 g/mol. The van der Waals surface area contributed by atoms with E-state index in [9.17, 15) is 0 Å². The molecule has 1 rings (SSSR count). The maximum absolute atomic E-state index is 4.42. The molecule has 0 fully saturated rings. The Morgan fingerprint density at radius 1 is 1.43 bits per heavy atom. The molecule has 3 heteroatoms. The third kappa shape index (κ3) is 3.14. The van der Waals surface area contributed by atoms with Gasteiger partial charge in [-0.3, -0.25) is 4.68 Å². The Labute approximate surface area is 86.5 Å². The lowest BCUT2D eigenvalue weighted by Gasteiger charge is -2.04. The van der Waals surface area contributed by atoms with E-state index in [1.807, 2.05) is 0 Å². The average Bonchev–Trinajstić information content (AvgIpc) is 2.54. The normalized spacial score (nSPS) is 10.8. The molecule has 0 amide bonds. The van der Waals surface area contributed by atoms with E-state index < -0.39 is 0 Å². The molecule has 0 aliphatic carbocycles. The van der Waals surface area contributed by atoms with E-state index in [0.29, 0.717) is 0 Å². The first-order chi connectivity index (χ1) is 6.77. The van der Waals surface area contributed by atoms with Gasteiger partial charge in [0.25, 0.3) is 0 Å². The van der Waals surface area contributed by atoms with Gasteiger partial charge in [-0.05, 0) is 45.8 Å². The van der Waals surface area contributed by atoms with Gasteiger partial charge in [-0.2, -0.15) is 5.10 Å². The SMILES string of the molecule is CCNCCCc1cc(C)nn1CC. The maximum Gasteiger partial charge on any atom is 0.0596 e. The third-order valence-corrected chi connectivity index (χ3v) is 2.32. The fourth-order valence-corrected chi connectivity index (χ4v) is 1.65. The largest absolute Gasteiger partial charge is 0.317 e. The zero-order valence-electron chi connectivity index (χ0n) is 9.51. The number of aryl methyl sites for hydroxylation is 3. The minimum atomic E-state index is 0.977. The molecule has 0 aliphatic rings. The summed E-state index contributed by atoms with van der Waals surface area (Å²) < 4.78 is 2.10. The lowest BCUT2D eigenvalue weighted by atomic mass is 10.2. The summed E-state index contributed by atoms with van der Waals surface area (Å²) in [5.41, 5.74) is 2.49. The van der Waals surface area contributed by atoms with Crippen LogP contribution in [0.5, 0.6) is 0 Å². The summed E-state index contributed by atoms with van der Waals surface area (Å²) in [5, 5.41) is 7.76. The number of nitrogens with zero attached hydrogens (tertiary/aromatic N) is 2. The molecule has 1 N–H and O–H groups in total. The van der Waals surface area contributed by atoms with Crippen molar-refractivity contribution in [1.29, 1.82) is 0 Å². The molecule has 1 heterocycles. The van der Waals surface area contributed by atoms with Crippen molar-refractivity contribution in [2.75, 3.05) is 13.1 Å². The number of nitrogens with one attached hydrogen (secondary N) is 1. The van der Waals surface area contributed by atoms with Gasteiger partial charge >= 0.3 is 0 Å². The Balaban J connectivity index is 2.41. The minimum absolute atomic E-state index is 0.977. The number of hydrogen-bond acceptors (Lipinski definition) is 2. The number of hydrogen-bond donors (Lipinski definition) is 1. The minimum Gasteiger partial charge on any atom is -0.317 e. The van der Waals surface area contributed by atoms with Crippen LogP contribution in [0, 0.1) is 6.92 Å². The molecule has 0 unspecified atom stereocenters. The van der Waals surface area contributed by atoms with E-state index >= 15 is 0 Å². The van der Waals surface area contributed by atoms with Gasteiger partial charge < -0.3 is 5.32 Å². The lowest BCUT2D eigenvalue weighted by molar-refractivity contribution is 0.593. The van der Waals surface area contributed by atoms with Crippen molar-refractivity contribution in [2.24, 2.45) is 0 Å². The Morgan fingerprint density at radius 3 is 2.86 bits per heavy atom.